The molecule has 3 N–H and O–H groups in total. The molecular weight excluding hydrogens is 208 g/mol. The maximum Gasteiger partial charge on any atom is 0.326 e. The van der Waals surface area contributed by atoms with Crippen molar-refractivity contribution in [2.75, 3.05) is 10.6 Å². The lowest BCUT2D eigenvalue weighted by Crippen LogP contribution is -2.20. The van der Waals surface area contributed by atoms with E-state index in [9.17, 15) is 4.79 Å². The minimum absolute atomic E-state index is 0.199. The molecule has 0 radical (unpaired) electrons. The van der Waals surface area contributed by atoms with Gasteiger partial charge in [0.05, 0.1) is 0 Å². The zero-order chi connectivity index (χ0) is 11.4. The van der Waals surface area contributed by atoms with E-state index in [4.69, 9.17) is 0 Å². The van der Waals surface area contributed by atoms with Crippen molar-refractivity contribution >= 4 is 17.7 Å². The van der Waals surface area contributed by atoms with Crippen LogP contribution < -0.4 is 10.6 Å². The highest BCUT2D eigenvalue weighted by molar-refractivity contribution is 5.98. The second kappa shape index (κ2) is 4.39. The molecule has 1 aromatic heterocycles. The predicted octanol–water partition coefficient (Wildman–Crippen LogP) is 1.15. The molecule has 7 nitrogen and oxygen atoms in total. The third-order valence-electron chi connectivity index (χ3n) is 1.89. The van der Waals surface area contributed by atoms with Crippen LogP contribution in [0.3, 0.4) is 0 Å². The number of benzene rings is 1. The monoisotopic (exact) mass is 218 g/mol. The highest BCUT2D eigenvalue weighted by atomic mass is 16.2. The summed E-state index contributed by atoms with van der Waals surface area (Å²) < 4.78 is 0. The number of urea groups is 1. The van der Waals surface area contributed by atoms with Crippen LogP contribution in [-0.4, -0.2) is 26.7 Å². The van der Waals surface area contributed by atoms with E-state index in [1.807, 2.05) is 31.2 Å². The van der Waals surface area contributed by atoms with E-state index in [-0.39, 0.29) is 5.95 Å². The predicted molar refractivity (Wildman–Crippen MR) is 58.0 cm³/mol. The number of nitrogens with one attached hydrogen (secondary N) is 3. The topological polar surface area (TPSA) is 95.6 Å². The van der Waals surface area contributed by atoms with Gasteiger partial charge in [0.25, 0.3) is 0 Å². The summed E-state index contributed by atoms with van der Waals surface area (Å²) in [6, 6.07) is 7.04. The zero-order valence-corrected chi connectivity index (χ0v) is 8.56. The summed E-state index contributed by atoms with van der Waals surface area (Å²) in [6.45, 7) is 1.98. The number of hydrogen-bond donors (Lipinski definition) is 3. The number of aromatic amines is 1. The van der Waals surface area contributed by atoms with Crippen molar-refractivity contribution in [3.05, 3.63) is 29.8 Å². The number of anilines is 2. The van der Waals surface area contributed by atoms with Crippen LogP contribution >= 0.6 is 0 Å². The summed E-state index contributed by atoms with van der Waals surface area (Å²) in [6.07, 6.45) is 0. The van der Waals surface area contributed by atoms with Gasteiger partial charge in [0.15, 0.2) is 0 Å². The summed E-state index contributed by atoms with van der Waals surface area (Å²) in [7, 11) is 0. The fourth-order valence-corrected chi connectivity index (χ4v) is 1.12. The van der Waals surface area contributed by atoms with Crippen LogP contribution in [0.25, 0.3) is 0 Å². The minimum Gasteiger partial charge on any atom is -0.308 e. The largest absolute Gasteiger partial charge is 0.326 e. The lowest BCUT2D eigenvalue weighted by molar-refractivity contribution is 0.262. The number of carbonyl (C=O) groups excluding carboxylic acids is 1. The molecule has 82 valence electrons. The number of aromatic nitrogens is 4. The summed E-state index contributed by atoms with van der Waals surface area (Å²) in [5, 5.41) is 17.7. The number of H-pyrrole nitrogens is 1. The van der Waals surface area contributed by atoms with E-state index in [0.29, 0.717) is 5.69 Å². The summed E-state index contributed by atoms with van der Waals surface area (Å²) in [5.41, 5.74) is 1.83. The summed E-state index contributed by atoms with van der Waals surface area (Å²) in [5.74, 6) is 0.199. The normalized spacial score (nSPS) is 9.81. The van der Waals surface area contributed by atoms with Gasteiger partial charge < -0.3 is 5.32 Å². The number of hydrogen-bond acceptors (Lipinski definition) is 4. The summed E-state index contributed by atoms with van der Waals surface area (Å²) >= 11 is 0. The SMILES string of the molecule is Cc1ccc(NC(=O)Nc2nnn[nH]2)cc1. The Balaban J connectivity index is 1.95. The highest BCUT2D eigenvalue weighted by Crippen LogP contribution is 2.08. The lowest BCUT2D eigenvalue weighted by Gasteiger charge is -2.04. The first-order valence-electron chi connectivity index (χ1n) is 4.62. The van der Waals surface area contributed by atoms with E-state index in [2.05, 4.69) is 31.3 Å². The van der Waals surface area contributed by atoms with Crippen molar-refractivity contribution in [2.24, 2.45) is 0 Å². The number of amides is 2. The van der Waals surface area contributed by atoms with Gasteiger partial charge in [0, 0.05) is 5.69 Å². The summed E-state index contributed by atoms with van der Waals surface area (Å²) in [4.78, 5) is 11.4. The molecule has 0 spiro atoms. The molecule has 0 bridgehead atoms. The van der Waals surface area contributed by atoms with Crippen molar-refractivity contribution in [1.82, 2.24) is 20.6 Å². The molecule has 1 heterocycles. The van der Waals surface area contributed by atoms with Crippen LogP contribution in [0.15, 0.2) is 24.3 Å². The average Bonchev–Trinajstić information content (AvgIpc) is 2.74. The molecule has 2 rings (SSSR count). The second-order valence-corrected chi connectivity index (χ2v) is 3.20. The van der Waals surface area contributed by atoms with Crippen LogP contribution in [0.1, 0.15) is 5.56 Å². The van der Waals surface area contributed by atoms with E-state index < -0.39 is 6.03 Å². The first-order chi connectivity index (χ1) is 7.74. The lowest BCUT2D eigenvalue weighted by atomic mass is 10.2. The molecule has 0 unspecified atom stereocenters. The fourth-order valence-electron chi connectivity index (χ4n) is 1.12. The van der Waals surface area contributed by atoms with Crippen LogP contribution in [-0.2, 0) is 0 Å². The number of carbonyl (C=O) groups is 1. The van der Waals surface area contributed by atoms with Gasteiger partial charge in [0.2, 0.25) is 5.95 Å². The van der Waals surface area contributed by atoms with Crippen molar-refractivity contribution in [3.63, 3.8) is 0 Å². The molecule has 1 aromatic carbocycles. The molecule has 0 aliphatic rings. The molecular formula is C9H10N6O. The van der Waals surface area contributed by atoms with Crippen molar-refractivity contribution < 1.29 is 4.79 Å². The van der Waals surface area contributed by atoms with Crippen molar-refractivity contribution in [3.8, 4) is 0 Å². The second-order valence-electron chi connectivity index (χ2n) is 3.20. The molecule has 0 aliphatic heterocycles. The maximum atomic E-state index is 11.4. The first-order valence-corrected chi connectivity index (χ1v) is 4.62. The molecule has 2 aromatic rings. The Morgan fingerprint density at radius 3 is 2.62 bits per heavy atom. The molecule has 16 heavy (non-hydrogen) atoms. The fraction of sp³-hybridized carbons (Fsp3) is 0.111. The molecule has 0 aliphatic carbocycles. The first kappa shape index (κ1) is 10.1. The Kier molecular flexibility index (Phi) is 2.77. The average molecular weight is 218 g/mol. The molecule has 7 heteroatoms. The minimum atomic E-state index is -0.401. The van der Waals surface area contributed by atoms with Gasteiger partial charge in [-0.3, -0.25) is 5.32 Å². The highest BCUT2D eigenvalue weighted by Gasteiger charge is 2.04. The number of tetrazole rings is 1. The third kappa shape index (κ3) is 2.53. The van der Waals surface area contributed by atoms with Crippen molar-refractivity contribution in [1.29, 1.82) is 0 Å². The van der Waals surface area contributed by atoms with Crippen LogP contribution in [0, 0.1) is 6.92 Å². The van der Waals surface area contributed by atoms with Crippen LogP contribution in [0.2, 0.25) is 0 Å². The van der Waals surface area contributed by atoms with E-state index in [1.54, 1.807) is 0 Å². The molecule has 0 saturated carbocycles. The van der Waals surface area contributed by atoms with Gasteiger partial charge in [-0.15, -0.1) is 0 Å². The number of rotatable bonds is 2. The van der Waals surface area contributed by atoms with E-state index >= 15 is 0 Å². The third-order valence-corrected chi connectivity index (χ3v) is 1.89. The zero-order valence-electron chi connectivity index (χ0n) is 8.56. The van der Waals surface area contributed by atoms with Crippen LogP contribution in [0.4, 0.5) is 16.4 Å². The van der Waals surface area contributed by atoms with Gasteiger partial charge in [-0.25, -0.2) is 9.89 Å². The molecule has 2 amide bonds. The smallest absolute Gasteiger partial charge is 0.308 e. The number of nitrogens with zero attached hydrogens (tertiary/aromatic N) is 3. The molecule has 0 fully saturated rings. The van der Waals surface area contributed by atoms with Gasteiger partial charge in [-0.1, -0.05) is 22.8 Å². The van der Waals surface area contributed by atoms with E-state index in [0.717, 1.165) is 5.56 Å². The Labute approximate surface area is 91.3 Å². The van der Waals surface area contributed by atoms with Gasteiger partial charge in [0.1, 0.15) is 0 Å². The Morgan fingerprint density at radius 1 is 1.25 bits per heavy atom. The Hall–Kier alpha value is -2.44. The standard InChI is InChI=1S/C9H10N6O/c1-6-2-4-7(5-3-6)10-9(16)11-8-12-14-15-13-8/h2-5H,1H3,(H3,10,11,12,13,14,15,16). The Bertz CT molecular complexity index is 463. The number of aryl methyl sites for hydroxylation is 1. The maximum absolute atomic E-state index is 11.4. The van der Waals surface area contributed by atoms with Gasteiger partial charge >= 0.3 is 6.03 Å². The molecule has 0 atom stereocenters. The quantitative estimate of drug-likeness (QED) is 0.704. The van der Waals surface area contributed by atoms with Gasteiger partial charge in [-0.2, -0.15) is 0 Å². The van der Waals surface area contributed by atoms with E-state index in [1.165, 1.54) is 0 Å². The van der Waals surface area contributed by atoms with Crippen LogP contribution in [0.5, 0.6) is 0 Å². The molecule has 0 saturated heterocycles. The van der Waals surface area contributed by atoms with Crippen molar-refractivity contribution in [2.45, 2.75) is 6.92 Å². The van der Waals surface area contributed by atoms with Gasteiger partial charge in [-0.05, 0) is 29.5 Å². The Morgan fingerprint density at radius 2 is 2.00 bits per heavy atom.